The Bertz CT molecular complexity index is 687. The number of anilines is 1. The maximum atomic E-state index is 12.2. The summed E-state index contributed by atoms with van der Waals surface area (Å²) in [5.41, 5.74) is 0.840. The van der Waals surface area contributed by atoms with Crippen molar-refractivity contribution in [3.05, 3.63) is 52.6 Å². The predicted octanol–water partition coefficient (Wildman–Crippen LogP) is 3.21. The molecular weight excluding hydrogens is 328 g/mol. The van der Waals surface area contributed by atoms with E-state index in [-0.39, 0.29) is 4.90 Å². The van der Waals surface area contributed by atoms with E-state index < -0.39 is 10.0 Å². The Morgan fingerprint density at radius 3 is 2.58 bits per heavy atom. The Morgan fingerprint density at radius 2 is 1.89 bits per heavy atom. The highest BCUT2D eigenvalue weighted by Gasteiger charge is 2.17. The highest BCUT2D eigenvalue weighted by Crippen LogP contribution is 2.23. The van der Waals surface area contributed by atoms with Gasteiger partial charge in [-0.1, -0.05) is 25.1 Å². The summed E-state index contributed by atoms with van der Waals surface area (Å²) in [7, 11) is -3.63. The van der Waals surface area contributed by atoms with Crippen molar-refractivity contribution in [1.29, 1.82) is 0 Å². The molecule has 0 bridgehead atoms. The van der Waals surface area contributed by atoms with Crippen LogP contribution in [-0.2, 0) is 16.4 Å². The van der Waals surface area contributed by atoms with Gasteiger partial charge in [-0.2, -0.15) is 0 Å². The van der Waals surface area contributed by atoms with Crippen molar-refractivity contribution in [2.24, 2.45) is 0 Å². The smallest absolute Gasteiger partial charge is 0.263 e. The van der Waals surface area contributed by atoms with Gasteiger partial charge >= 0.3 is 0 Å². The molecule has 1 aromatic carbocycles. The van der Waals surface area contributed by atoms with Gasteiger partial charge < -0.3 is 0 Å². The number of pyridine rings is 1. The topological polar surface area (TPSA) is 59.1 Å². The summed E-state index contributed by atoms with van der Waals surface area (Å²) in [5, 5.41) is 0. The molecule has 4 nitrogen and oxygen atoms in total. The van der Waals surface area contributed by atoms with Crippen LogP contribution < -0.4 is 4.72 Å². The zero-order valence-electron chi connectivity index (χ0n) is 10.3. The minimum atomic E-state index is -3.63. The fourth-order valence-electron chi connectivity index (χ4n) is 1.59. The summed E-state index contributed by atoms with van der Waals surface area (Å²) in [6.07, 6.45) is 0.755. The number of rotatable bonds is 4. The van der Waals surface area contributed by atoms with Crippen molar-refractivity contribution in [3.63, 3.8) is 0 Å². The molecule has 1 aromatic heterocycles. The van der Waals surface area contributed by atoms with E-state index in [2.05, 4.69) is 25.6 Å². The molecule has 6 heteroatoms. The van der Waals surface area contributed by atoms with E-state index in [1.165, 1.54) is 6.07 Å². The zero-order valence-corrected chi connectivity index (χ0v) is 12.7. The average Bonchev–Trinajstić information content (AvgIpc) is 2.38. The van der Waals surface area contributed by atoms with Gasteiger partial charge in [-0.05, 0) is 46.6 Å². The highest BCUT2D eigenvalue weighted by atomic mass is 79.9. The molecule has 0 saturated carbocycles. The van der Waals surface area contributed by atoms with Gasteiger partial charge in [0.05, 0.1) is 0 Å². The summed E-state index contributed by atoms with van der Waals surface area (Å²) >= 11 is 3.23. The van der Waals surface area contributed by atoms with Gasteiger partial charge in [0.2, 0.25) is 0 Å². The number of aromatic nitrogens is 1. The monoisotopic (exact) mass is 340 g/mol. The van der Waals surface area contributed by atoms with Crippen LogP contribution in [0.1, 0.15) is 12.6 Å². The second kappa shape index (κ2) is 5.71. The van der Waals surface area contributed by atoms with Crippen LogP contribution in [0.25, 0.3) is 0 Å². The van der Waals surface area contributed by atoms with Crippen molar-refractivity contribution in [2.75, 3.05) is 4.72 Å². The van der Waals surface area contributed by atoms with Crippen LogP contribution in [0.3, 0.4) is 0 Å². The van der Waals surface area contributed by atoms with Crippen LogP contribution >= 0.6 is 15.9 Å². The lowest BCUT2D eigenvalue weighted by molar-refractivity contribution is 0.600. The fourth-order valence-corrected chi connectivity index (χ4v) is 3.59. The summed E-state index contributed by atoms with van der Waals surface area (Å²) in [5.74, 6) is 0.329. The first-order valence-corrected chi connectivity index (χ1v) is 8.04. The largest absolute Gasteiger partial charge is 0.264 e. The third-order valence-electron chi connectivity index (χ3n) is 2.53. The fraction of sp³-hybridized carbons (Fsp3) is 0.154. The van der Waals surface area contributed by atoms with Crippen molar-refractivity contribution in [3.8, 4) is 0 Å². The predicted molar refractivity (Wildman–Crippen MR) is 78.6 cm³/mol. The first-order chi connectivity index (χ1) is 9.03. The molecule has 0 fully saturated rings. The summed E-state index contributed by atoms with van der Waals surface area (Å²) < 4.78 is 27.5. The normalized spacial score (nSPS) is 11.3. The first-order valence-electron chi connectivity index (χ1n) is 5.76. The molecule has 19 heavy (non-hydrogen) atoms. The van der Waals surface area contributed by atoms with Gasteiger partial charge in [-0.25, -0.2) is 13.4 Å². The standard InChI is InChI=1S/C13H13BrN2O2S/c1-2-10-6-5-9-13(15-10)16-19(17,18)12-8-4-3-7-11(12)14/h3-9H,2H2,1H3,(H,15,16). The van der Waals surface area contributed by atoms with E-state index in [0.717, 1.165) is 12.1 Å². The van der Waals surface area contributed by atoms with E-state index in [1.807, 2.05) is 13.0 Å². The number of nitrogens with one attached hydrogen (secondary N) is 1. The van der Waals surface area contributed by atoms with Crippen molar-refractivity contribution in [2.45, 2.75) is 18.2 Å². The molecule has 1 N–H and O–H groups in total. The zero-order chi connectivity index (χ0) is 13.9. The van der Waals surface area contributed by atoms with Gasteiger partial charge in [-0.15, -0.1) is 0 Å². The minimum Gasteiger partial charge on any atom is -0.263 e. The molecule has 0 atom stereocenters. The Balaban J connectivity index is 2.34. The third kappa shape index (κ3) is 3.33. The SMILES string of the molecule is CCc1cccc(NS(=O)(=O)c2ccccc2Br)n1. The first kappa shape index (κ1) is 14.0. The number of benzene rings is 1. The van der Waals surface area contributed by atoms with Gasteiger partial charge in [0.15, 0.2) is 0 Å². The molecule has 0 saturated heterocycles. The molecule has 0 aliphatic rings. The number of hydrogen-bond donors (Lipinski definition) is 1. The van der Waals surface area contributed by atoms with Gasteiger partial charge in [0.1, 0.15) is 10.7 Å². The quantitative estimate of drug-likeness (QED) is 0.929. The molecule has 0 amide bonds. The Labute approximate surface area is 121 Å². The average molecular weight is 341 g/mol. The van der Waals surface area contributed by atoms with E-state index >= 15 is 0 Å². The Morgan fingerprint density at radius 1 is 1.16 bits per heavy atom. The maximum Gasteiger partial charge on any atom is 0.264 e. The molecule has 0 aliphatic heterocycles. The molecule has 1 heterocycles. The molecule has 2 rings (SSSR count). The van der Waals surface area contributed by atoms with Crippen molar-refractivity contribution >= 4 is 31.8 Å². The lowest BCUT2D eigenvalue weighted by atomic mass is 10.3. The molecular formula is C13H13BrN2O2S. The lowest BCUT2D eigenvalue weighted by Gasteiger charge is -2.09. The molecule has 2 aromatic rings. The molecule has 0 aliphatic carbocycles. The van der Waals surface area contributed by atoms with E-state index in [0.29, 0.717) is 10.3 Å². The molecule has 100 valence electrons. The van der Waals surface area contributed by atoms with Gasteiger partial charge in [-0.3, -0.25) is 4.72 Å². The van der Waals surface area contributed by atoms with E-state index in [1.54, 1.807) is 30.3 Å². The lowest BCUT2D eigenvalue weighted by Crippen LogP contribution is -2.14. The van der Waals surface area contributed by atoms with Crippen molar-refractivity contribution < 1.29 is 8.42 Å². The van der Waals surface area contributed by atoms with Crippen LogP contribution in [0.2, 0.25) is 0 Å². The van der Waals surface area contributed by atoms with Crippen molar-refractivity contribution in [1.82, 2.24) is 4.98 Å². The highest BCUT2D eigenvalue weighted by molar-refractivity contribution is 9.10. The third-order valence-corrected chi connectivity index (χ3v) is 4.90. The van der Waals surface area contributed by atoms with Crippen LogP contribution in [0.5, 0.6) is 0 Å². The summed E-state index contributed by atoms with van der Waals surface area (Å²) in [6.45, 7) is 1.97. The second-order valence-corrected chi connectivity index (χ2v) is 6.41. The molecule has 0 radical (unpaired) electrons. The number of nitrogens with zero attached hydrogens (tertiary/aromatic N) is 1. The van der Waals surface area contributed by atoms with Gasteiger partial charge in [0, 0.05) is 10.2 Å². The number of hydrogen-bond acceptors (Lipinski definition) is 3. The molecule has 0 spiro atoms. The number of halogens is 1. The van der Waals surface area contributed by atoms with Crippen LogP contribution in [-0.4, -0.2) is 13.4 Å². The summed E-state index contributed by atoms with van der Waals surface area (Å²) in [4.78, 5) is 4.42. The minimum absolute atomic E-state index is 0.193. The Hall–Kier alpha value is -1.40. The second-order valence-electron chi connectivity index (χ2n) is 3.90. The Kier molecular flexibility index (Phi) is 4.21. The van der Waals surface area contributed by atoms with Crippen LogP contribution in [0.15, 0.2) is 51.8 Å². The van der Waals surface area contributed by atoms with E-state index in [9.17, 15) is 8.42 Å². The van der Waals surface area contributed by atoms with E-state index in [4.69, 9.17) is 0 Å². The number of aryl methyl sites for hydroxylation is 1. The maximum absolute atomic E-state index is 12.2. The number of sulfonamides is 1. The van der Waals surface area contributed by atoms with Crippen LogP contribution in [0.4, 0.5) is 5.82 Å². The molecule has 0 unspecified atom stereocenters. The van der Waals surface area contributed by atoms with Crippen LogP contribution in [0, 0.1) is 0 Å². The van der Waals surface area contributed by atoms with Gasteiger partial charge in [0.25, 0.3) is 10.0 Å². The summed E-state index contributed by atoms with van der Waals surface area (Å²) in [6, 6.07) is 11.9.